The summed E-state index contributed by atoms with van der Waals surface area (Å²) in [5, 5.41) is 0. The maximum atomic E-state index is 11.0. The molecule has 1 atom stereocenters. The average molecular weight is 194 g/mol. The molecular weight excluding hydrogens is 172 g/mol. The lowest BCUT2D eigenvalue weighted by Gasteiger charge is -1.99. The lowest BCUT2D eigenvalue weighted by Crippen LogP contribution is -1.89. The lowest BCUT2D eigenvalue weighted by molar-refractivity contribution is -0.117. The number of ketones is 1. The summed E-state index contributed by atoms with van der Waals surface area (Å²) in [5.74, 6) is 1.01. The van der Waals surface area contributed by atoms with Crippen molar-refractivity contribution >= 4 is 5.78 Å². The van der Waals surface area contributed by atoms with Crippen molar-refractivity contribution in [1.29, 1.82) is 0 Å². The van der Waals surface area contributed by atoms with Crippen molar-refractivity contribution in [3.8, 4) is 0 Å². The summed E-state index contributed by atoms with van der Waals surface area (Å²) in [6.45, 7) is 2.24. The molecule has 1 saturated carbocycles. The zero-order chi connectivity index (χ0) is 10.2. The van der Waals surface area contributed by atoms with E-state index in [1.54, 1.807) is 0 Å². The maximum absolute atomic E-state index is 11.0. The number of hydrogen-bond acceptors (Lipinski definition) is 1. The maximum Gasteiger partial charge on any atom is 0.133 e. The first-order valence-corrected chi connectivity index (χ1v) is 6.01. The van der Waals surface area contributed by atoms with Gasteiger partial charge in [0, 0.05) is 12.8 Å². The molecule has 1 aliphatic rings. The fraction of sp³-hybridized carbons (Fsp3) is 0.769. The predicted octanol–water partition coefficient (Wildman–Crippen LogP) is 3.88. The quantitative estimate of drug-likeness (QED) is 0.463. The van der Waals surface area contributed by atoms with E-state index in [0.717, 1.165) is 19.3 Å². The number of Topliss-reactive ketones (excluding diaryl/α,β-unsaturated/α-hetero) is 1. The SMILES string of the molecule is CCCCCCC=CC1CCC(=O)C1. The largest absolute Gasteiger partial charge is 0.300 e. The van der Waals surface area contributed by atoms with Gasteiger partial charge in [-0.3, -0.25) is 4.79 Å². The number of allylic oxidation sites excluding steroid dienone is 2. The van der Waals surface area contributed by atoms with E-state index >= 15 is 0 Å². The molecule has 0 N–H and O–H groups in total. The van der Waals surface area contributed by atoms with Crippen LogP contribution in [0.15, 0.2) is 12.2 Å². The van der Waals surface area contributed by atoms with Crippen LogP contribution in [0.4, 0.5) is 0 Å². The Morgan fingerprint density at radius 3 is 2.86 bits per heavy atom. The Balaban J connectivity index is 2.00. The van der Waals surface area contributed by atoms with Gasteiger partial charge in [0.05, 0.1) is 0 Å². The first kappa shape index (κ1) is 11.5. The third-order valence-electron chi connectivity index (χ3n) is 2.92. The van der Waals surface area contributed by atoms with Gasteiger partial charge >= 0.3 is 0 Å². The Morgan fingerprint density at radius 1 is 1.36 bits per heavy atom. The molecule has 0 aliphatic heterocycles. The number of carbonyl (C=O) groups is 1. The van der Waals surface area contributed by atoms with Crippen LogP contribution in [0.2, 0.25) is 0 Å². The predicted molar refractivity (Wildman–Crippen MR) is 60.2 cm³/mol. The second-order valence-corrected chi connectivity index (χ2v) is 4.32. The molecule has 0 spiro atoms. The first-order chi connectivity index (χ1) is 6.83. The van der Waals surface area contributed by atoms with Gasteiger partial charge in [-0.2, -0.15) is 0 Å². The van der Waals surface area contributed by atoms with E-state index < -0.39 is 0 Å². The number of rotatable bonds is 6. The number of unbranched alkanes of at least 4 members (excludes halogenated alkanes) is 4. The molecular formula is C13H22O. The summed E-state index contributed by atoms with van der Waals surface area (Å²) in [6.07, 6.45) is 13.8. The fourth-order valence-electron chi connectivity index (χ4n) is 1.98. The minimum atomic E-state index is 0.450. The Bertz CT molecular complexity index is 193. The second kappa shape index (κ2) is 6.80. The van der Waals surface area contributed by atoms with Crippen molar-refractivity contribution in [2.75, 3.05) is 0 Å². The normalized spacial score (nSPS) is 22.4. The van der Waals surface area contributed by atoms with E-state index in [1.165, 1.54) is 32.1 Å². The third kappa shape index (κ3) is 4.59. The molecule has 0 amide bonds. The van der Waals surface area contributed by atoms with Crippen molar-refractivity contribution in [1.82, 2.24) is 0 Å². The van der Waals surface area contributed by atoms with Crippen LogP contribution in [-0.2, 0) is 4.79 Å². The first-order valence-electron chi connectivity index (χ1n) is 6.01. The van der Waals surface area contributed by atoms with Crippen molar-refractivity contribution < 1.29 is 4.79 Å². The fourth-order valence-corrected chi connectivity index (χ4v) is 1.98. The van der Waals surface area contributed by atoms with Crippen molar-refractivity contribution in [3.05, 3.63) is 12.2 Å². The molecule has 0 bridgehead atoms. The van der Waals surface area contributed by atoms with Gasteiger partial charge in [0.25, 0.3) is 0 Å². The van der Waals surface area contributed by atoms with Gasteiger partial charge in [-0.25, -0.2) is 0 Å². The Kier molecular flexibility index (Phi) is 5.58. The average Bonchev–Trinajstić information content (AvgIpc) is 2.58. The van der Waals surface area contributed by atoms with Gasteiger partial charge in [-0.1, -0.05) is 38.3 Å². The molecule has 0 aromatic carbocycles. The molecule has 80 valence electrons. The molecule has 1 heteroatoms. The summed E-state index contributed by atoms with van der Waals surface area (Å²) in [7, 11) is 0. The minimum absolute atomic E-state index is 0.450. The van der Waals surface area contributed by atoms with Crippen LogP contribution in [0.3, 0.4) is 0 Å². The summed E-state index contributed by atoms with van der Waals surface area (Å²) in [4.78, 5) is 11.0. The van der Waals surface area contributed by atoms with E-state index in [0.29, 0.717) is 11.7 Å². The van der Waals surface area contributed by atoms with Crippen LogP contribution in [0.25, 0.3) is 0 Å². The highest BCUT2D eigenvalue weighted by atomic mass is 16.1. The highest BCUT2D eigenvalue weighted by Gasteiger charge is 2.18. The molecule has 0 heterocycles. The van der Waals surface area contributed by atoms with Gasteiger partial charge in [0.1, 0.15) is 5.78 Å². The van der Waals surface area contributed by atoms with Gasteiger partial charge in [0.2, 0.25) is 0 Å². The summed E-state index contributed by atoms with van der Waals surface area (Å²) >= 11 is 0. The lowest BCUT2D eigenvalue weighted by atomic mass is 10.1. The molecule has 1 nitrogen and oxygen atoms in total. The van der Waals surface area contributed by atoms with Crippen LogP contribution < -0.4 is 0 Å². The van der Waals surface area contributed by atoms with Gasteiger partial charge < -0.3 is 0 Å². The zero-order valence-corrected chi connectivity index (χ0v) is 9.30. The Morgan fingerprint density at radius 2 is 2.21 bits per heavy atom. The monoisotopic (exact) mass is 194 g/mol. The third-order valence-corrected chi connectivity index (χ3v) is 2.92. The van der Waals surface area contributed by atoms with E-state index in [2.05, 4.69) is 19.1 Å². The Hall–Kier alpha value is -0.590. The van der Waals surface area contributed by atoms with Gasteiger partial charge in [0.15, 0.2) is 0 Å². The summed E-state index contributed by atoms with van der Waals surface area (Å²) in [5.41, 5.74) is 0. The molecule has 0 aromatic rings. The molecule has 1 rings (SSSR count). The van der Waals surface area contributed by atoms with E-state index in [1.807, 2.05) is 0 Å². The van der Waals surface area contributed by atoms with Gasteiger partial charge in [-0.05, 0) is 25.2 Å². The van der Waals surface area contributed by atoms with E-state index in [-0.39, 0.29) is 0 Å². The van der Waals surface area contributed by atoms with Crippen molar-refractivity contribution in [2.45, 2.75) is 58.3 Å². The summed E-state index contributed by atoms with van der Waals surface area (Å²) < 4.78 is 0. The topological polar surface area (TPSA) is 17.1 Å². The highest BCUT2D eigenvalue weighted by molar-refractivity contribution is 5.80. The number of carbonyl (C=O) groups excluding carboxylic acids is 1. The van der Waals surface area contributed by atoms with Crippen molar-refractivity contribution in [3.63, 3.8) is 0 Å². The van der Waals surface area contributed by atoms with Crippen LogP contribution in [0.1, 0.15) is 58.3 Å². The second-order valence-electron chi connectivity index (χ2n) is 4.32. The standard InChI is InChI=1S/C13H22O/c1-2-3-4-5-6-7-8-12-9-10-13(14)11-12/h7-8,12H,2-6,9-11H2,1H3. The Labute approximate surface area is 87.6 Å². The van der Waals surface area contributed by atoms with Gasteiger partial charge in [-0.15, -0.1) is 0 Å². The van der Waals surface area contributed by atoms with Crippen LogP contribution in [0, 0.1) is 5.92 Å². The molecule has 0 radical (unpaired) electrons. The zero-order valence-electron chi connectivity index (χ0n) is 9.30. The van der Waals surface area contributed by atoms with Crippen LogP contribution in [0.5, 0.6) is 0 Å². The van der Waals surface area contributed by atoms with Crippen molar-refractivity contribution in [2.24, 2.45) is 5.92 Å². The number of hydrogen-bond donors (Lipinski definition) is 0. The molecule has 1 fully saturated rings. The molecule has 0 aromatic heterocycles. The summed E-state index contributed by atoms with van der Waals surface area (Å²) in [6, 6.07) is 0. The molecule has 14 heavy (non-hydrogen) atoms. The smallest absolute Gasteiger partial charge is 0.133 e. The molecule has 1 aliphatic carbocycles. The van der Waals surface area contributed by atoms with E-state index in [9.17, 15) is 4.79 Å². The van der Waals surface area contributed by atoms with Crippen LogP contribution in [-0.4, -0.2) is 5.78 Å². The van der Waals surface area contributed by atoms with E-state index in [4.69, 9.17) is 0 Å². The molecule has 0 saturated heterocycles. The minimum Gasteiger partial charge on any atom is -0.300 e. The molecule has 1 unspecified atom stereocenters. The van der Waals surface area contributed by atoms with Crippen LogP contribution >= 0.6 is 0 Å². The highest BCUT2D eigenvalue weighted by Crippen LogP contribution is 2.23.